The van der Waals surface area contributed by atoms with Gasteiger partial charge in [-0.2, -0.15) is 0 Å². The van der Waals surface area contributed by atoms with E-state index in [-0.39, 0.29) is 18.1 Å². The zero-order valence-corrected chi connectivity index (χ0v) is 10.5. The zero-order valence-electron chi connectivity index (χ0n) is 9.79. The highest BCUT2D eigenvalue weighted by molar-refractivity contribution is 6.30. The lowest BCUT2D eigenvalue weighted by atomic mass is 9.77. The molecule has 0 bridgehead atoms. The van der Waals surface area contributed by atoms with E-state index in [2.05, 4.69) is 0 Å². The Morgan fingerprint density at radius 2 is 2.33 bits per heavy atom. The van der Waals surface area contributed by atoms with Crippen molar-refractivity contribution >= 4 is 17.6 Å². The summed E-state index contributed by atoms with van der Waals surface area (Å²) in [5, 5.41) is 9.42. The molecule has 0 aliphatic carbocycles. The lowest BCUT2D eigenvalue weighted by Gasteiger charge is -2.33. The van der Waals surface area contributed by atoms with Crippen molar-refractivity contribution in [1.29, 1.82) is 0 Å². The van der Waals surface area contributed by atoms with Crippen LogP contribution in [-0.2, 0) is 16.0 Å². The van der Waals surface area contributed by atoms with Crippen molar-refractivity contribution in [3.63, 3.8) is 0 Å². The molecule has 1 aliphatic heterocycles. The summed E-state index contributed by atoms with van der Waals surface area (Å²) in [6.45, 7) is 0.761. The number of hydrogen-bond donors (Lipinski definition) is 1. The van der Waals surface area contributed by atoms with Gasteiger partial charge >= 0.3 is 5.97 Å². The standard InChI is InChI=1S/C13H14ClFO3/c14-10-3-2-9(6-11(10)15)7-13(12(16)17)4-1-5-18-8-13/h2-3,6H,1,4-5,7-8H2,(H,16,17). The molecular weight excluding hydrogens is 259 g/mol. The summed E-state index contributed by atoms with van der Waals surface area (Å²) < 4.78 is 18.6. The first-order valence-corrected chi connectivity index (χ1v) is 6.16. The first-order chi connectivity index (χ1) is 8.53. The smallest absolute Gasteiger partial charge is 0.312 e. The molecule has 1 heterocycles. The summed E-state index contributed by atoms with van der Waals surface area (Å²) in [6.07, 6.45) is 1.52. The van der Waals surface area contributed by atoms with Crippen LogP contribution < -0.4 is 0 Å². The van der Waals surface area contributed by atoms with Crippen LogP contribution in [0.1, 0.15) is 18.4 Å². The average molecular weight is 273 g/mol. The third-order valence-corrected chi connectivity index (χ3v) is 3.61. The number of carboxylic acids is 1. The van der Waals surface area contributed by atoms with Gasteiger partial charge in [-0.05, 0) is 37.0 Å². The SMILES string of the molecule is O=C(O)C1(Cc2ccc(Cl)c(F)c2)CCCOC1. The topological polar surface area (TPSA) is 46.5 Å². The van der Waals surface area contributed by atoms with Crippen LogP contribution in [0.3, 0.4) is 0 Å². The number of rotatable bonds is 3. The van der Waals surface area contributed by atoms with Gasteiger partial charge in [-0.25, -0.2) is 4.39 Å². The first-order valence-electron chi connectivity index (χ1n) is 5.79. The van der Waals surface area contributed by atoms with E-state index >= 15 is 0 Å². The van der Waals surface area contributed by atoms with E-state index in [0.717, 1.165) is 0 Å². The van der Waals surface area contributed by atoms with E-state index in [1.54, 1.807) is 6.07 Å². The maximum absolute atomic E-state index is 13.3. The molecule has 18 heavy (non-hydrogen) atoms. The lowest BCUT2D eigenvalue weighted by molar-refractivity contribution is -0.157. The van der Waals surface area contributed by atoms with Crippen LogP contribution >= 0.6 is 11.6 Å². The molecule has 98 valence electrons. The fourth-order valence-corrected chi connectivity index (χ4v) is 2.39. The molecule has 1 unspecified atom stereocenters. The number of ether oxygens (including phenoxy) is 1. The van der Waals surface area contributed by atoms with Gasteiger partial charge in [-0.3, -0.25) is 4.79 Å². The van der Waals surface area contributed by atoms with E-state index in [1.165, 1.54) is 12.1 Å². The molecule has 2 rings (SSSR count). The Morgan fingerprint density at radius 1 is 1.56 bits per heavy atom. The van der Waals surface area contributed by atoms with Gasteiger partial charge in [0.1, 0.15) is 5.82 Å². The van der Waals surface area contributed by atoms with Gasteiger partial charge in [-0.15, -0.1) is 0 Å². The molecule has 1 N–H and O–H groups in total. The zero-order chi connectivity index (χ0) is 13.2. The number of hydrogen-bond acceptors (Lipinski definition) is 2. The van der Waals surface area contributed by atoms with Crippen molar-refractivity contribution in [3.8, 4) is 0 Å². The Hall–Kier alpha value is -1.13. The van der Waals surface area contributed by atoms with Crippen LogP contribution in [0, 0.1) is 11.2 Å². The van der Waals surface area contributed by atoms with E-state index in [4.69, 9.17) is 16.3 Å². The van der Waals surface area contributed by atoms with Gasteiger partial charge in [0, 0.05) is 6.61 Å². The van der Waals surface area contributed by atoms with E-state index in [0.29, 0.717) is 25.0 Å². The number of carboxylic acid groups (broad SMARTS) is 1. The summed E-state index contributed by atoms with van der Waals surface area (Å²) >= 11 is 5.60. The Kier molecular flexibility index (Phi) is 3.88. The fraction of sp³-hybridized carbons (Fsp3) is 0.462. The third kappa shape index (κ3) is 2.65. The maximum atomic E-state index is 13.3. The summed E-state index contributed by atoms with van der Waals surface area (Å²) in [7, 11) is 0. The van der Waals surface area contributed by atoms with E-state index < -0.39 is 17.2 Å². The molecule has 1 saturated heterocycles. The fourth-order valence-electron chi connectivity index (χ4n) is 2.28. The van der Waals surface area contributed by atoms with E-state index in [1.807, 2.05) is 0 Å². The molecule has 5 heteroatoms. The molecule has 0 spiro atoms. The van der Waals surface area contributed by atoms with Crippen LogP contribution in [-0.4, -0.2) is 24.3 Å². The van der Waals surface area contributed by atoms with Gasteiger partial charge in [0.25, 0.3) is 0 Å². The molecule has 1 aromatic rings. The van der Waals surface area contributed by atoms with Crippen LogP contribution in [0.25, 0.3) is 0 Å². The molecule has 0 radical (unpaired) electrons. The minimum Gasteiger partial charge on any atom is -0.481 e. The largest absolute Gasteiger partial charge is 0.481 e. The molecule has 0 amide bonds. The highest BCUT2D eigenvalue weighted by atomic mass is 35.5. The van der Waals surface area contributed by atoms with Gasteiger partial charge in [-0.1, -0.05) is 17.7 Å². The minimum atomic E-state index is -0.946. The second-order valence-electron chi connectivity index (χ2n) is 4.67. The van der Waals surface area contributed by atoms with Gasteiger partial charge in [0.15, 0.2) is 0 Å². The van der Waals surface area contributed by atoms with E-state index in [9.17, 15) is 14.3 Å². The molecule has 1 aliphatic rings. The van der Waals surface area contributed by atoms with Gasteiger partial charge in [0.2, 0.25) is 0 Å². The van der Waals surface area contributed by atoms with Crippen molar-refractivity contribution in [2.75, 3.05) is 13.2 Å². The number of halogens is 2. The molecule has 1 atom stereocenters. The van der Waals surface area contributed by atoms with Crippen LogP contribution in [0.15, 0.2) is 18.2 Å². The Labute approximate surface area is 110 Å². The summed E-state index contributed by atoms with van der Waals surface area (Å²) in [5.74, 6) is -1.41. The molecule has 3 nitrogen and oxygen atoms in total. The lowest BCUT2D eigenvalue weighted by Crippen LogP contribution is -2.41. The van der Waals surface area contributed by atoms with Crippen molar-refractivity contribution in [3.05, 3.63) is 34.6 Å². The monoisotopic (exact) mass is 272 g/mol. The van der Waals surface area contributed by atoms with Gasteiger partial charge < -0.3 is 9.84 Å². The summed E-state index contributed by atoms with van der Waals surface area (Å²) in [6, 6.07) is 4.40. The Balaban J connectivity index is 2.23. The first kappa shape index (κ1) is 13.3. The Bertz CT molecular complexity index is 456. The highest BCUT2D eigenvalue weighted by Gasteiger charge is 2.40. The van der Waals surface area contributed by atoms with Gasteiger partial charge in [0.05, 0.1) is 17.0 Å². The summed E-state index contributed by atoms with van der Waals surface area (Å²) in [5.41, 5.74) is -0.316. The predicted octanol–water partition coefficient (Wildman–Crippen LogP) is 2.90. The second kappa shape index (κ2) is 5.24. The second-order valence-corrected chi connectivity index (χ2v) is 5.07. The molecular formula is C13H14ClFO3. The normalized spacial score (nSPS) is 23.9. The number of benzene rings is 1. The number of carbonyl (C=O) groups is 1. The van der Waals surface area contributed by atoms with Crippen LogP contribution in [0.4, 0.5) is 4.39 Å². The van der Waals surface area contributed by atoms with Crippen molar-refractivity contribution < 1.29 is 19.0 Å². The van der Waals surface area contributed by atoms with Crippen LogP contribution in [0.2, 0.25) is 5.02 Å². The van der Waals surface area contributed by atoms with Crippen molar-refractivity contribution in [2.24, 2.45) is 5.41 Å². The molecule has 0 aromatic heterocycles. The number of aliphatic carboxylic acids is 1. The molecule has 1 aromatic carbocycles. The highest BCUT2D eigenvalue weighted by Crippen LogP contribution is 2.33. The Morgan fingerprint density at radius 3 is 2.89 bits per heavy atom. The van der Waals surface area contributed by atoms with Crippen LogP contribution in [0.5, 0.6) is 0 Å². The van der Waals surface area contributed by atoms with Crippen molar-refractivity contribution in [1.82, 2.24) is 0 Å². The molecule has 1 fully saturated rings. The maximum Gasteiger partial charge on any atom is 0.312 e. The predicted molar refractivity (Wildman–Crippen MR) is 65.2 cm³/mol. The minimum absolute atomic E-state index is 0.0445. The quantitative estimate of drug-likeness (QED) is 0.920. The van der Waals surface area contributed by atoms with Crippen molar-refractivity contribution in [2.45, 2.75) is 19.3 Å². The average Bonchev–Trinajstić information content (AvgIpc) is 2.35. The molecule has 0 saturated carbocycles. The third-order valence-electron chi connectivity index (χ3n) is 3.30. The summed E-state index contributed by atoms with van der Waals surface area (Å²) in [4.78, 5) is 11.4.